The van der Waals surface area contributed by atoms with Gasteiger partial charge in [-0.2, -0.15) is 8.42 Å². The van der Waals surface area contributed by atoms with E-state index in [1.165, 1.54) is 0 Å². The van der Waals surface area contributed by atoms with Crippen LogP contribution in [-0.4, -0.2) is 30.2 Å². The molecule has 0 aromatic rings. The summed E-state index contributed by atoms with van der Waals surface area (Å²) >= 11 is 0. The van der Waals surface area contributed by atoms with Crippen molar-refractivity contribution in [2.75, 3.05) is 5.75 Å². The normalized spacial score (nSPS) is 15.2. The van der Waals surface area contributed by atoms with Gasteiger partial charge in [-0.25, -0.2) is 0 Å². The highest BCUT2D eigenvalue weighted by Gasteiger charge is 2.33. The van der Waals surface area contributed by atoms with Crippen LogP contribution in [0, 0.1) is 17.3 Å². The van der Waals surface area contributed by atoms with E-state index >= 15 is 0 Å². The summed E-state index contributed by atoms with van der Waals surface area (Å²) in [5.74, 6) is -0.679. The van der Waals surface area contributed by atoms with Crippen LogP contribution in [0.3, 0.4) is 0 Å². The molecule has 0 fully saturated rings. The van der Waals surface area contributed by atoms with E-state index in [9.17, 15) is 13.2 Å². The van der Waals surface area contributed by atoms with Crippen molar-refractivity contribution in [2.45, 2.75) is 60.4 Å². The molecule has 0 bridgehead atoms. The van der Waals surface area contributed by atoms with E-state index in [1.54, 1.807) is 13.8 Å². The Labute approximate surface area is 123 Å². The fourth-order valence-electron chi connectivity index (χ4n) is 2.21. The molecule has 5 nitrogen and oxygen atoms in total. The minimum absolute atomic E-state index is 0.0134. The lowest BCUT2D eigenvalue weighted by molar-refractivity contribution is -0.128. The van der Waals surface area contributed by atoms with Gasteiger partial charge >= 0.3 is 0 Å². The first kappa shape index (κ1) is 19.4. The van der Waals surface area contributed by atoms with E-state index in [-0.39, 0.29) is 23.2 Å². The first-order valence-electron chi connectivity index (χ1n) is 6.90. The summed E-state index contributed by atoms with van der Waals surface area (Å²) in [6.07, 6.45) is 0.721. The Morgan fingerprint density at radius 1 is 1.15 bits per heavy atom. The van der Waals surface area contributed by atoms with Gasteiger partial charge in [0.2, 0.25) is 5.91 Å². The molecule has 1 amide bonds. The van der Waals surface area contributed by atoms with Crippen molar-refractivity contribution < 1.29 is 17.8 Å². The quantitative estimate of drug-likeness (QED) is 0.738. The van der Waals surface area contributed by atoms with E-state index in [2.05, 4.69) is 26.1 Å². The van der Waals surface area contributed by atoms with Gasteiger partial charge in [-0.05, 0) is 31.6 Å². The molecule has 0 aliphatic carbocycles. The molecule has 0 heterocycles. The number of hydrogen-bond acceptors (Lipinski definition) is 3. The number of rotatable bonds is 6. The monoisotopic (exact) mass is 307 g/mol. The van der Waals surface area contributed by atoms with E-state index in [4.69, 9.17) is 4.55 Å². The first-order valence-corrected chi connectivity index (χ1v) is 8.51. The minimum atomic E-state index is -4.12. The summed E-state index contributed by atoms with van der Waals surface area (Å²) in [6.45, 7) is 13.3. The van der Waals surface area contributed by atoms with Crippen LogP contribution in [0.15, 0.2) is 0 Å². The van der Waals surface area contributed by atoms with Gasteiger partial charge in [0.1, 0.15) is 0 Å². The predicted molar refractivity (Wildman–Crippen MR) is 81.0 cm³/mol. The van der Waals surface area contributed by atoms with Gasteiger partial charge < -0.3 is 5.32 Å². The Morgan fingerprint density at radius 3 is 1.90 bits per heavy atom. The van der Waals surface area contributed by atoms with Gasteiger partial charge in [-0.3, -0.25) is 9.35 Å². The average molecular weight is 307 g/mol. The number of carbonyl (C=O) groups excluding carboxylic acids is 1. The van der Waals surface area contributed by atoms with Crippen molar-refractivity contribution in [2.24, 2.45) is 17.3 Å². The molecule has 0 radical (unpaired) electrons. The molecule has 120 valence electrons. The second kappa shape index (κ2) is 6.43. The Hall–Kier alpha value is -0.620. The minimum Gasteiger partial charge on any atom is -0.350 e. The summed E-state index contributed by atoms with van der Waals surface area (Å²) < 4.78 is 30.9. The van der Waals surface area contributed by atoms with Crippen molar-refractivity contribution in [3.8, 4) is 0 Å². The summed E-state index contributed by atoms with van der Waals surface area (Å²) in [5.41, 5.74) is -0.977. The van der Waals surface area contributed by atoms with Crippen LogP contribution in [0.4, 0.5) is 0 Å². The van der Waals surface area contributed by atoms with Crippen molar-refractivity contribution >= 4 is 16.0 Å². The highest BCUT2D eigenvalue weighted by Crippen LogP contribution is 2.29. The Balaban J connectivity index is 4.94. The standard InChI is InChI=1S/C14H29NO4S/c1-10(2)11(8-13(3,4)5)12(16)15-14(6,7)9-20(17,18)19/h10-11H,8-9H2,1-7H3,(H,15,16)(H,17,18,19). The highest BCUT2D eigenvalue weighted by atomic mass is 32.2. The summed E-state index contributed by atoms with van der Waals surface area (Å²) in [5, 5.41) is 2.74. The zero-order valence-corrected chi connectivity index (χ0v) is 14.5. The third kappa shape index (κ3) is 8.53. The molecule has 2 N–H and O–H groups in total. The highest BCUT2D eigenvalue weighted by molar-refractivity contribution is 7.85. The number of hydrogen-bond donors (Lipinski definition) is 2. The third-order valence-corrected chi connectivity index (χ3v) is 4.07. The van der Waals surface area contributed by atoms with Crippen LogP contribution in [0.2, 0.25) is 0 Å². The molecule has 1 unspecified atom stereocenters. The zero-order chi connectivity index (χ0) is 16.4. The molecule has 0 aliphatic heterocycles. The number of nitrogens with one attached hydrogen (secondary N) is 1. The van der Waals surface area contributed by atoms with Gasteiger partial charge in [-0.15, -0.1) is 0 Å². The van der Waals surface area contributed by atoms with Crippen LogP contribution < -0.4 is 5.32 Å². The molecule has 0 aromatic carbocycles. The topological polar surface area (TPSA) is 83.5 Å². The molecule has 0 saturated carbocycles. The molecule has 0 aromatic heterocycles. The molecule has 1 atom stereocenters. The number of carbonyl (C=O) groups is 1. The first-order chi connectivity index (χ1) is 8.63. The van der Waals surface area contributed by atoms with Crippen molar-refractivity contribution in [3.63, 3.8) is 0 Å². The molecular weight excluding hydrogens is 278 g/mol. The lowest BCUT2D eigenvalue weighted by Crippen LogP contribution is -2.51. The van der Waals surface area contributed by atoms with Crippen LogP contribution in [0.5, 0.6) is 0 Å². The molecular formula is C14H29NO4S. The van der Waals surface area contributed by atoms with Crippen LogP contribution in [-0.2, 0) is 14.9 Å². The summed E-state index contributed by atoms with van der Waals surface area (Å²) in [6, 6.07) is 0. The van der Waals surface area contributed by atoms with Crippen molar-refractivity contribution in [1.29, 1.82) is 0 Å². The molecule has 0 spiro atoms. The Kier molecular flexibility index (Phi) is 6.23. The molecule has 0 saturated heterocycles. The molecule has 0 aliphatic rings. The van der Waals surface area contributed by atoms with Crippen molar-refractivity contribution in [1.82, 2.24) is 5.32 Å². The van der Waals surface area contributed by atoms with E-state index < -0.39 is 21.4 Å². The fraction of sp³-hybridized carbons (Fsp3) is 0.929. The average Bonchev–Trinajstić information content (AvgIpc) is 2.06. The fourth-order valence-corrected chi connectivity index (χ4v) is 3.19. The maximum Gasteiger partial charge on any atom is 0.267 e. The van der Waals surface area contributed by atoms with Crippen molar-refractivity contribution in [3.05, 3.63) is 0 Å². The maximum absolute atomic E-state index is 12.4. The smallest absolute Gasteiger partial charge is 0.267 e. The van der Waals surface area contributed by atoms with Crippen LogP contribution >= 0.6 is 0 Å². The second-order valence-electron chi connectivity index (χ2n) is 7.71. The number of amides is 1. The second-order valence-corrected chi connectivity index (χ2v) is 9.17. The maximum atomic E-state index is 12.4. The summed E-state index contributed by atoms with van der Waals surface area (Å²) in [7, 11) is -4.12. The van der Waals surface area contributed by atoms with Crippen LogP contribution in [0.1, 0.15) is 54.9 Å². The van der Waals surface area contributed by atoms with E-state index in [0.29, 0.717) is 0 Å². The molecule has 0 rings (SSSR count). The predicted octanol–water partition coefficient (Wildman–Crippen LogP) is 2.48. The lowest BCUT2D eigenvalue weighted by atomic mass is 9.79. The Bertz CT molecular complexity index is 433. The largest absolute Gasteiger partial charge is 0.350 e. The van der Waals surface area contributed by atoms with E-state index in [1.807, 2.05) is 13.8 Å². The van der Waals surface area contributed by atoms with E-state index in [0.717, 1.165) is 6.42 Å². The van der Waals surface area contributed by atoms with Gasteiger partial charge in [0.25, 0.3) is 10.1 Å². The molecule has 6 heteroatoms. The molecule has 20 heavy (non-hydrogen) atoms. The summed E-state index contributed by atoms with van der Waals surface area (Å²) in [4.78, 5) is 12.4. The Morgan fingerprint density at radius 2 is 1.60 bits per heavy atom. The zero-order valence-electron chi connectivity index (χ0n) is 13.6. The SMILES string of the molecule is CC(C)C(CC(C)(C)C)C(=O)NC(C)(C)CS(=O)(=O)O. The lowest BCUT2D eigenvalue weighted by Gasteiger charge is -2.32. The van der Waals surface area contributed by atoms with Crippen LogP contribution in [0.25, 0.3) is 0 Å². The van der Waals surface area contributed by atoms with Gasteiger partial charge in [0, 0.05) is 5.92 Å². The van der Waals surface area contributed by atoms with Gasteiger partial charge in [-0.1, -0.05) is 34.6 Å². The van der Waals surface area contributed by atoms with Gasteiger partial charge in [0.15, 0.2) is 0 Å². The van der Waals surface area contributed by atoms with Gasteiger partial charge in [0.05, 0.1) is 11.3 Å². The third-order valence-electron chi connectivity index (χ3n) is 2.98.